The molecule has 146 valence electrons. The molecule has 1 amide bonds. The fourth-order valence-corrected chi connectivity index (χ4v) is 6.41. The number of rotatable bonds is 7. The molecule has 0 unspecified atom stereocenters. The monoisotopic (exact) mass is 389 g/mol. The smallest absolute Gasteiger partial charge is 0.307 e. The first-order valence-corrected chi connectivity index (χ1v) is 10.9. The Morgan fingerprint density at radius 1 is 1.15 bits per heavy atom. The van der Waals surface area contributed by atoms with Crippen molar-refractivity contribution in [3.05, 3.63) is 22.4 Å². The zero-order valence-electron chi connectivity index (χ0n) is 15.7. The summed E-state index contributed by atoms with van der Waals surface area (Å²) in [7, 11) is 0. The minimum Gasteiger partial charge on any atom is -0.453 e. The lowest BCUT2D eigenvalue weighted by Gasteiger charge is -2.57. The number of carbonyl (C=O) groups is 3. The molecule has 0 aliphatic heterocycles. The molecule has 4 aliphatic rings. The van der Waals surface area contributed by atoms with Crippen molar-refractivity contribution in [3.63, 3.8) is 0 Å². The maximum atomic E-state index is 12.6. The quantitative estimate of drug-likeness (QED) is 0.570. The standard InChI is InChI=1S/C21H27NO4S/c1-13(26-19(24)5-4-17(23)18-3-2-6-27-18)20(25)22-21-10-14-7-15(11-21)9-16(8-14)12-21/h2-3,6,13-16H,4-5,7-12H2,1H3,(H,22,25)/t13-,14?,15?,16?,21?/m0/s1. The van der Waals surface area contributed by atoms with Crippen LogP contribution in [0.1, 0.15) is 68.0 Å². The molecule has 4 saturated carbocycles. The van der Waals surface area contributed by atoms with E-state index in [9.17, 15) is 14.4 Å². The van der Waals surface area contributed by atoms with Gasteiger partial charge in [0.2, 0.25) is 0 Å². The number of ether oxygens (including phenoxy) is 1. The van der Waals surface area contributed by atoms with Crippen LogP contribution in [0.4, 0.5) is 0 Å². The predicted octanol–water partition coefficient (Wildman–Crippen LogP) is 3.73. The molecular formula is C21H27NO4S. The molecule has 4 bridgehead atoms. The van der Waals surface area contributed by atoms with Gasteiger partial charge in [0, 0.05) is 12.0 Å². The van der Waals surface area contributed by atoms with Gasteiger partial charge in [0.25, 0.3) is 5.91 Å². The fourth-order valence-electron chi connectivity index (χ4n) is 5.71. The summed E-state index contributed by atoms with van der Waals surface area (Å²) >= 11 is 1.37. The average molecular weight is 390 g/mol. The second-order valence-electron chi connectivity index (χ2n) is 8.72. The zero-order valence-corrected chi connectivity index (χ0v) is 16.6. The van der Waals surface area contributed by atoms with E-state index in [2.05, 4.69) is 5.32 Å². The van der Waals surface area contributed by atoms with Crippen LogP contribution >= 0.6 is 11.3 Å². The summed E-state index contributed by atoms with van der Waals surface area (Å²) in [5, 5.41) is 5.07. The highest BCUT2D eigenvalue weighted by atomic mass is 32.1. The van der Waals surface area contributed by atoms with E-state index in [0.717, 1.165) is 37.0 Å². The Labute approximate surface area is 163 Å². The molecule has 5 nitrogen and oxygen atoms in total. The maximum absolute atomic E-state index is 12.6. The number of ketones is 1. The van der Waals surface area contributed by atoms with E-state index in [4.69, 9.17) is 4.74 Å². The van der Waals surface area contributed by atoms with Crippen molar-refractivity contribution in [1.82, 2.24) is 5.32 Å². The van der Waals surface area contributed by atoms with Crippen LogP contribution < -0.4 is 5.32 Å². The van der Waals surface area contributed by atoms with Gasteiger partial charge in [0.15, 0.2) is 11.9 Å². The minimum atomic E-state index is -0.817. The molecule has 1 N–H and O–H groups in total. The highest BCUT2D eigenvalue weighted by Gasteiger charge is 2.51. The van der Waals surface area contributed by atoms with E-state index in [0.29, 0.717) is 4.88 Å². The topological polar surface area (TPSA) is 72.5 Å². The zero-order chi connectivity index (χ0) is 19.0. The SMILES string of the molecule is C[C@H](OC(=O)CCC(=O)c1cccs1)C(=O)NC12CC3CC(CC(C3)C1)C2. The van der Waals surface area contributed by atoms with Crippen molar-refractivity contribution in [2.45, 2.75) is 69.9 Å². The van der Waals surface area contributed by atoms with Crippen LogP contribution in [0.2, 0.25) is 0 Å². The molecule has 0 radical (unpaired) electrons. The summed E-state index contributed by atoms with van der Waals surface area (Å²) < 4.78 is 5.29. The van der Waals surface area contributed by atoms with Gasteiger partial charge in [-0.3, -0.25) is 14.4 Å². The summed E-state index contributed by atoms with van der Waals surface area (Å²) in [6.07, 6.45) is 6.46. The first kappa shape index (κ1) is 18.7. The Balaban J connectivity index is 1.25. The van der Waals surface area contributed by atoms with Crippen molar-refractivity contribution in [2.24, 2.45) is 17.8 Å². The lowest BCUT2D eigenvalue weighted by Crippen LogP contribution is -2.61. The Morgan fingerprint density at radius 3 is 2.33 bits per heavy atom. The third-order valence-electron chi connectivity index (χ3n) is 6.46. The van der Waals surface area contributed by atoms with Crippen LogP contribution in [0.15, 0.2) is 17.5 Å². The lowest BCUT2D eigenvalue weighted by atomic mass is 9.53. The number of esters is 1. The van der Waals surface area contributed by atoms with Gasteiger partial charge >= 0.3 is 5.97 Å². The Kier molecular flexibility index (Phi) is 5.10. The van der Waals surface area contributed by atoms with Gasteiger partial charge in [-0.05, 0) is 74.6 Å². The van der Waals surface area contributed by atoms with Crippen molar-refractivity contribution in [1.29, 1.82) is 0 Å². The van der Waals surface area contributed by atoms with E-state index in [1.54, 1.807) is 13.0 Å². The van der Waals surface area contributed by atoms with Crippen LogP contribution in [0.3, 0.4) is 0 Å². The molecule has 1 aromatic rings. The van der Waals surface area contributed by atoms with Crippen molar-refractivity contribution < 1.29 is 19.1 Å². The van der Waals surface area contributed by atoms with Crippen molar-refractivity contribution in [3.8, 4) is 0 Å². The van der Waals surface area contributed by atoms with Gasteiger partial charge in [-0.2, -0.15) is 0 Å². The van der Waals surface area contributed by atoms with Gasteiger partial charge in [-0.1, -0.05) is 6.07 Å². The molecule has 6 heteroatoms. The Hall–Kier alpha value is -1.69. The molecule has 1 atom stereocenters. The van der Waals surface area contributed by atoms with Crippen LogP contribution in [0.25, 0.3) is 0 Å². The number of hydrogen-bond acceptors (Lipinski definition) is 5. The third kappa shape index (κ3) is 4.10. The lowest BCUT2D eigenvalue weighted by molar-refractivity contribution is -0.156. The van der Waals surface area contributed by atoms with E-state index in [1.807, 2.05) is 11.4 Å². The molecule has 4 aliphatic carbocycles. The van der Waals surface area contributed by atoms with Gasteiger partial charge in [-0.25, -0.2) is 0 Å². The first-order chi connectivity index (χ1) is 12.9. The van der Waals surface area contributed by atoms with Gasteiger partial charge < -0.3 is 10.1 Å². The highest BCUT2D eigenvalue weighted by molar-refractivity contribution is 7.12. The molecule has 0 spiro atoms. The van der Waals surface area contributed by atoms with Gasteiger partial charge in [0.05, 0.1) is 11.3 Å². The van der Waals surface area contributed by atoms with Crippen LogP contribution in [0, 0.1) is 17.8 Å². The molecule has 1 heterocycles. The fraction of sp³-hybridized carbons (Fsp3) is 0.667. The highest BCUT2D eigenvalue weighted by Crippen LogP contribution is 2.55. The number of amides is 1. The van der Waals surface area contributed by atoms with Crippen molar-refractivity contribution in [2.75, 3.05) is 0 Å². The number of hydrogen-bond donors (Lipinski definition) is 1. The summed E-state index contributed by atoms with van der Waals surface area (Å²) in [6.45, 7) is 1.62. The molecular weight excluding hydrogens is 362 g/mol. The number of carbonyl (C=O) groups excluding carboxylic acids is 3. The van der Waals surface area contributed by atoms with E-state index in [1.165, 1.54) is 30.6 Å². The van der Waals surface area contributed by atoms with Crippen LogP contribution in [0.5, 0.6) is 0 Å². The second kappa shape index (κ2) is 7.38. The molecule has 1 aromatic heterocycles. The average Bonchev–Trinajstić information content (AvgIpc) is 3.12. The molecule has 5 rings (SSSR count). The van der Waals surface area contributed by atoms with E-state index >= 15 is 0 Å². The molecule has 27 heavy (non-hydrogen) atoms. The number of Topliss-reactive ketones (excluding diaryl/α,β-unsaturated/α-hetero) is 1. The third-order valence-corrected chi connectivity index (χ3v) is 7.37. The second-order valence-corrected chi connectivity index (χ2v) is 9.67. The molecule has 0 aromatic carbocycles. The Bertz CT molecular complexity index is 691. The molecule has 4 fully saturated rings. The van der Waals surface area contributed by atoms with Gasteiger partial charge in [0.1, 0.15) is 0 Å². The molecule has 0 saturated heterocycles. The summed E-state index contributed by atoms with van der Waals surface area (Å²) in [5.41, 5.74) is -0.0817. The van der Waals surface area contributed by atoms with Crippen molar-refractivity contribution >= 4 is 29.0 Å². The number of thiophene rings is 1. The maximum Gasteiger partial charge on any atom is 0.307 e. The van der Waals surface area contributed by atoms with Gasteiger partial charge in [-0.15, -0.1) is 11.3 Å². The minimum absolute atomic E-state index is 0.00567. The van der Waals surface area contributed by atoms with E-state index < -0.39 is 12.1 Å². The van der Waals surface area contributed by atoms with E-state index in [-0.39, 0.29) is 30.1 Å². The summed E-state index contributed by atoms with van der Waals surface area (Å²) in [6, 6.07) is 3.56. The largest absolute Gasteiger partial charge is 0.453 e. The normalized spacial score (nSPS) is 32.1. The summed E-state index contributed by atoms with van der Waals surface area (Å²) in [4.78, 5) is 37.3. The first-order valence-electron chi connectivity index (χ1n) is 10.0. The Morgan fingerprint density at radius 2 is 1.78 bits per heavy atom. The summed E-state index contributed by atoms with van der Waals surface area (Å²) in [5.74, 6) is 1.49. The predicted molar refractivity (Wildman–Crippen MR) is 102 cm³/mol. The van der Waals surface area contributed by atoms with Crippen LogP contribution in [-0.2, 0) is 14.3 Å². The van der Waals surface area contributed by atoms with Crippen LogP contribution in [-0.4, -0.2) is 29.3 Å². The number of nitrogens with one attached hydrogen (secondary N) is 1.